The molecular weight excluding hydrogens is 456 g/mol. The van der Waals surface area contributed by atoms with E-state index >= 15 is 0 Å². The van der Waals surface area contributed by atoms with Gasteiger partial charge in [0.15, 0.2) is 5.82 Å². The van der Waals surface area contributed by atoms with Gasteiger partial charge in [-0.3, -0.25) is 5.10 Å². The van der Waals surface area contributed by atoms with Crippen molar-refractivity contribution in [2.45, 2.75) is 72.8 Å². The molecule has 2 aromatic heterocycles. The van der Waals surface area contributed by atoms with Crippen molar-refractivity contribution in [1.82, 2.24) is 20.2 Å². The van der Waals surface area contributed by atoms with Crippen LogP contribution in [0.3, 0.4) is 0 Å². The standard InChI is InChI=1S/C31H38N6/c1-19(2)23-11-9-20(3)27(17-23)37-16-13-25-24(18-37)31(36-14-7-6-8-15-36)33-30(32-25)28-21(4)10-12-26-29(28)22(5)34-35-26/h9-12,17,19H,6-8,13-16,18H2,1-5H3,(H,34,35). The number of H-pyrrole nitrogens is 1. The first-order chi connectivity index (χ1) is 17.9. The average Bonchev–Trinajstić information content (AvgIpc) is 3.29. The molecule has 2 aliphatic heterocycles. The topological polar surface area (TPSA) is 60.9 Å². The fourth-order valence-electron chi connectivity index (χ4n) is 6.07. The van der Waals surface area contributed by atoms with Crippen LogP contribution in [0.15, 0.2) is 30.3 Å². The van der Waals surface area contributed by atoms with Crippen molar-refractivity contribution in [2.75, 3.05) is 29.4 Å². The number of hydrogen-bond acceptors (Lipinski definition) is 5. The number of anilines is 2. The molecule has 4 aromatic rings. The van der Waals surface area contributed by atoms with Gasteiger partial charge in [0.1, 0.15) is 5.82 Å². The lowest BCUT2D eigenvalue weighted by Crippen LogP contribution is -2.36. The van der Waals surface area contributed by atoms with Crippen molar-refractivity contribution in [3.63, 3.8) is 0 Å². The SMILES string of the molecule is Cc1ccc(C(C)C)cc1N1CCc2nc(-c3c(C)ccc4[nH]nc(C)c34)nc(N3CCCCC3)c2C1. The van der Waals surface area contributed by atoms with E-state index in [0.717, 1.165) is 66.4 Å². The second-order valence-electron chi connectivity index (χ2n) is 11.2. The van der Waals surface area contributed by atoms with Crippen molar-refractivity contribution in [1.29, 1.82) is 0 Å². The molecule has 37 heavy (non-hydrogen) atoms. The highest BCUT2D eigenvalue weighted by molar-refractivity contribution is 5.96. The minimum Gasteiger partial charge on any atom is -0.366 e. The summed E-state index contributed by atoms with van der Waals surface area (Å²) in [7, 11) is 0. The van der Waals surface area contributed by atoms with Crippen LogP contribution in [0, 0.1) is 20.8 Å². The van der Waals surface area contributed by atoms with Gasteiger partial charge in [0.2, 0.25) is 0 Å². The predicted molar refractivity (Wildman–Crippen MR) is 153 cm³/mol. The zero-order chi connectivity index (χ0) is 25.7. The van der Waals surface area contributed by atoms with Gasteiger partial charge in [-0.15, -0.1) is 0 Å². The van der Waals surface area contributed by atoms with E-state index in [1.54, 1.807) is 0 Å². The molecule has 1 saturated heterocycles. The van der Waals surface area contributed by atoms with Crippen LogP contribution < -0.4 is 9.80 Å². The largest absolute Gasteiger partial charge is 0.366 e. The third-order valence-electron chi connectivity index (χ3n) is 8.28. The number of aromatic amines is 1. The summed E-state index contributed by atoms with van der Waals surface area (Å²) in [6.07, 6.45) is 4.68. The molecule has 0 atom stereocenters. The van der Waals surface area contributed by atoms with Gasteiger partial charge in [0, 0.05) is 54.8 Å². The van der Waals surface area contributed by atoms with Crippen molar-refractivity contribution < 1.29 is 0 Å². The van der Waals surface area contributed by atoms with Crippen LogP contribution in [0.1, 0.15) is 72.7 Å². The third kappa shape index (κ3) is 4.26. The molecule has 0 amide bonds. The molecule has 0 spiro atoms. The Morgan fingerprint density at radius 2 is 1.65 bits per heavy atom. The van der Waals surface area contributed by atoms with Gasteiger partial charge in [0.25, 0.3) is 0 Å². The number of benzene rings is 2. The van der Waals surface area contributed by atoms with Crippen molar-refractivity contribution in [3.05, 3.63) is 64.0 Å². The Hall–Kier alpha value is -3.41. The van der Waals surface area contributed by atoms with Crippen LogP contribution in [0.25, 0.3) is 22.3 Å². The number of fused-ring (bicyclic) bond motifs is 2. The molecule has 4 heterocycles. The maximum absolute atomic E-state index is 5.35. The molecule has 1 N–H and O–H groups in total. The smallest absolute Gasteiger partial charge is 0.162 e. The summed E-state index contributed by atoms with van der Waals surface area (Å²) < 4.78 is 0. The molecule has 2 aromatic carbocycles. The van der Waals surface area contributed by atoms with E-state index in [1.807, 2.05) is 0 Å². The summed E-state index contributed by atoms with van der Waals surface area (Å²) in [5, 5.41) is 8.82. The van der Waals surface area contributed by atoms with E-state index in [9.17, 15) is 0 Å². The Morgan fingerprint density at radius 1 is 0.865 bits per heavy atom. The highest BCUT2D eigenvalue weighted by Crippen LogP contribution is 2.37. The Balaban J connectivity index is 1.48. The highest BCUT2D eigenvalue weighted by atomic mass is 15.2. The Kier molecular flexibility index (Phi) is 6.13. The summed E-state index contributed by atoms with van der Waals surface area (Å²) in [5.41, 5.74) is 11.0. The normalized spacial score (nSPS) is 16.1. The van der Waals surface area contributed by atoms with Crippen LogP contribution in [0.4, 0.5) is 11.5 Å². The van der Waals surface area contributed by atoms with E-state index < -0.39 is 0 Å². The van der Waals surface area contributed by atoms with Crippen molar-refractivity contribution in [3.8, 4) is 11.4 Å². The lowest BCUT2D eigenvalue weighted by molar-refractivity contribution is 0.568. The molecule has 6 nitrogen and oxygen atoms in total. The van der Waals surface area contributed by atoms with Crippen LogP contribution in [-0.2, 0) is 13.0 Å². The van der Waals surface area contributed by atoms with Gasteiger partial charge >= 0.3 is 0 Å². The Morgan fingerprint density at radius 3 is 2.43 bits per heavy atom. The number of rotatable bonds is 4. The summed E-state index contributed by atoms with van der Waals surface area (Å²) in [5.74, 6) is 2.50. The van der Waals surface area contributed by atoms with Crippen LogP contribution in [0.2, 0.25) is 0 Å². The summed E-state index contributed by atoms with van der Waals surface area (Å²) >= 11 is 0. The number of aromatic nitrogens is 4. The second-order valence-corrected chi connectivity index (χ2v) is 11.2. The van der Waals surface area contributed by atoms with E-state index in [0.29, 0.717) is 5.92 Å². The number of nitrogens with one attached hydrogen (secondary N) is 1. The first-order valence-electron chi connectivity index (χ1n) is 13.9. The van der Waals surface area contributed by atoms with E-state index in [-0.39, 0.29) is 0 Å². The van der Waals surface area contributed by atoms with Gasteiger partial charge in [-0.25, -0.2) is 9.97 Å². The molecule has 6 heteroatoms. The first-order valence-corrected chi connectivity index (χ1v) is 13.9. The first kappa shape index (κ1) is 24.0. The number of nitrogens with zero attached hydrogens (tertiary/aromatic N) is 5. The van der Waals surface area contributed by atoms with Gasteiger partial charge in [0.05, 0.1) is 16.9 Å². The molecule has 0 radical (unpaired) electrons. The number of piperidine rings is 1. The molecular formula is C31H38N6. The van der Waals surface area contributed by atoms with Crippen molar-refractivity contribution in [2.24, 2.45) is 0 Å². The van der Waals surface area contributed by atoms with E-state index in [4.69, 9.17) is 9.97 Å². The van der Waals surface area contributed by atoms with E-state index in [1.165, 1.54) is 52.9 Å². The average molecular weight is 495 g/mol. The van der Waals surface area contributed by atoms with Crippen LogP contribution >= 0.6 is 0 Å². The molecule has 192 valence electrons. The molecule has 0 aliphatic carbocycles. The van der Waals surface area contributed by atoms with Gasteiger partial charge in [-0.2, -0.15) is 5.10 Å². The number of aryl methyl sites for hydroxylation is 3. The molecule has 1 fully saturated rings. The fourth-order valence-corrected chi connectivity index (χ4v) is 6.07. The van der Waals surface area contributed by atoms with E-state index in [2.05, 4.69) is 84.9 Å². The number of hydrogen-bond donors (Lipinski definition) is 1. The maximum atomic E-state index is 5.35. The second kappa shape index (κ2) is 9.47. The van der Waals surface area contributed by atoms with Crippen molar-refractivity contribution >= 4 is 22.4 Å². The highest BCUT2D eigenvalue weighted by Gasteiger charge is 2.28. The van der Waals surface area contributed by atoms with Gasteiger partial charge in [-0.1, -0.05) is 32.0 Å². The van der Waals surface area contributed by atoms with Gasteiger partial charge < -0.3 is 9.80 Å². The maximum Gasteiger partial charge on any atom is 0.162 e. The Labute approximate surface area is 220 Å². The summed E-state index contributed by atoms with van der Waals surface area (Å²) in [6, 6.07) is 11.2. The molecule has 0 unspecified atom stereocenters. The molecule has 6 rings (SSSR count). The molecule has 2 aliphatic rings. The Bertz CT molecular complexity index is 1460. The van der Waals surface area contributed by atoms with Crippen LogP contribution in [0.5, 0.6) is 0 Å². The lowest BCUT2D eigenvalue weighted by atomic mass is 9.97. The zero-order valence-electron chi connectivity index (χ0n) is 22.9. The van der Waals surface area contributed by atoms with Gasteiger partial charge in [-0.05, 0) is 74.8 Å². The monoisotopic (exact) mass is 494 g/mol. The summed E-state index contributed by atoms with van der Waals surface area (Å²) in [6.45, 7) is 15.0. The van der Waals surface area contributed by atoms with Crippen LogP contribution in [-0.4, -0.2) is 39.8 Å². The molecule has 0 saturated carbocycles. The lowest BCUT2D eigenvalue weighted by Gasteiger charge is -2.36. The fraction of sp³-hybridized carbons (Fsp3) is 0.452. The quantitative estimate of drug-likeness (QED) is 0.345. The minimum absolute atomic E-state index is 0.517. The zero-order valence-corrected chi connectivity index (χ0v) is 22.9. The summed E-state index contributed by atoms with van der Waals surface area (Å²) in [4.78, 5) is 15.7. The molecule has 0 bridgehead atoms. The predicted octanol–water partition coefficient (Wildman–Crippen LogP) is 6.62. The minimum atomic E-state index is 0.517. The third-order valence-corrected chi connectivity index (χ3v) is 8.28.